The lowest BCUT2D eigenvalue weighted by atomic mass is 9.97. The summed E-state index contributed by atoms with van der Waals surface area (Å²) in [5.41, 5.74) is 4.73. The fourth-order valence-corrected chi connectivity index (χ4v) is 2.73. The van der Waals surface area contributed by atoms with Crippen molar-refractivity contribution in [3.63, 3.8) is 0 Å². The molecule has 0 saturated carbocycles. The summed E-state index contributed by atoms with van der Waals surface area (Å²) >= 11 is 0. The van der Waals surface area contributed by atoms with Crippen molar-refractivity contribution >= 4 is 0 Å². The molecule has 0 fully saturated rings. The first-order valence-electron chi connectivity index (χ1n) is 7.93. The molecule has 0 aliphatic heterocycles. The van der Waals surface area contributed by atoms with Gasteiger partial charge in [0.25, 0.3) is 0 Å². The molecule has 2 nitrogen and oxygen atoms in total. The molecule has 0 aliphatic rings. The van der Waals surface area contributed by atoms with E-state index in [1.54, 1.807) is 14.2 Å². The molecular weight excluding hydrogens is 272 g/mol. The molecule has 2 rings (SSSR count). The largest absolute Gasteiger partial charge is 0.496 e. The van der Waals surface area contributed by atoms with Gasteiger partial charge in [-0.3, -0.25) is 0 Å². The number of benzene rings is 2. The monoisotopic (exact) mass is 298 g/mol. The number of methoxy groups -OCH3 is 2. The van der Waals surface area contributed by atoms with Gasteiger partial charge >= 0.3 is 0 Å². The van der Waals surface area contributed by atoms with E-state index < -0.39 is 0 Å². The summed E-state index contributed by atoms with van der Waals surface area (Å²) in [6.45, 7) is 6.61. The molecule has 0 N–H and O–H groups in total. The zero-order chi connectivity index (χ0) is 16.1. The highest BCUT2D eigenvalue weighted by Gasteiger charge is 2.14. The van der Waals surface area contributed by atoms with Crippen molar-refractivity contribution in [2.24, 2.45) is 5.92 Å². The van der Waals surface area contributed by atoms with E-state index in [1.807, 2.05) is 0 Å². The molecule has 0 saturated heterocycles. The van der Waals surface area contributed by atoms with Gasteiger partial charge in [0.15, 0.2) is 0 Å². The summed E-state index contributed by atoms with van der Waals surface area (Å²) < 4.78 is 11.2. The first-order valence-corrected chi connectivity index (χ1v) is 7.93. The lowest BCUT2D eigenvalue weighted by molar-refractivity contribution is 0.396. The van der Waals surface area contributed by atoms with E-state index in [-0.39, 0.29) is 0 Å². The smallest absolute Gasteiger partial charge is 0.130 e. The van der Waals surface area contributed by atoms with Crippen LogP contribution in [0.1, 0.15) is 31.9 Å². The SMILES string of the molecule is CCc1cc(OC)c(-c2ccc(CC(C)C)cc2)c(OC)c1. The van der Waals surface area contributed by atoms with Crippen LogP contribution in [-0.4, -0.2) is 14.2 Å². The fourth-order valence-electron chi connectivity index (χ4n) is 2.73. The molecule has 0 amide bonds. The Morgan fingerprint density at radius 1 is 0.864 bits per heavy atom. The van der Waals surface area contributed by atoms with Gasteiger partial charge < -0.3 is 9.47 Å². The minimum atomic E-state index is 0.666. The molecule has 0 aromatic heterocycles. The average molecular weight is 298 g/mol. The highest BCUT2D eigenvalue weighted by Crippen LogP contribution is 2.39. The van der Waals surface area contributed by atoms with Crippen LogP contribution in [0.2, 0.25) is 0 Å². The Balaban J connectivity index is 2.46. The summed E-state index contributed by atoms with van der Waals surface area (Å²) in [7, 11) is 3.43. The van der Waals surface area contributed by atoms with Crippen molar-refractivity contribution in [2.45, 2.75) is 33.6 Å². The van der Waals surface area contributed by atoms with E-state index in [9.17, 15) is 0 Å². The van der Waals surface area contributed by atoms with Crippen LogP contribution < -0.4 is 9.47 Å². The van der Waals surface area contributed by atoms with Crippen molar-refractivity contribution in [1.82, 2.24) is 0 Å². The molecule has 0 unspecified atom stereocenters. The minimum Gasteiger partial charge on any atom is -0.496 e. The van der Waals surface area contributed by atoms with Gasteiger partial charge in [0, 0.05) is 0 Å². The van der Waals surface area contributed by atoms with Crippen LogP contribution in [0.25, 0.3) is 11.1 Å². The fraction of sp³-hybridized carbons (Fsp3) is 0.400. The average Bonchev–Trinajstić information content (AvgIpc) is 2.53. The van der Waals surface area contributed by atoms with Gasteiger partial charge in [-0.15, -0.1) is 0 Å². The molecule has 0 heterocycles. The predicted octanol–water partition coefficient (Wildman–Crippen LogP) is 5.13. The Kier molecular flexibility index (Phi) is 5.48. The van der Waals surface area contributed by atoms with Gasteiger partial charge in [-0.2, -0.15) is 0 Å². The molecule has 118 valence electrons. The molecule has 0 atom stereocenters. The molecule has 0 aliphatic carbocycles. The van der Waals surface area contributed by atoms with Gasteiger partial charge in [0.1, 0.15) is 11.5 Å². The maximum atomic E-state index is 5.60. The van der Waals surface area contributed by atoms with E-state index in [2.05, 4.69) is 57.2 Å². The third-order valence-electron chi connectivity index (χ3n) is 3.86. The Morgan fingerprint density at radius 3 is 1.82 bits per heavy atom. The number of hydrogen-bond donors (Lipinski definition) is 0. The summed E-state index contributed by atoms with van der Waals surface area (Å²) in [5, 5.41) is 0. The highest BCUT2D eigenvalue weighted by molar-refractivity contribution is 5.77. The molecule has 22 heavy (non-hydrogen) atoms. The van der Waals surface area contributed by atoms with E-state index in [0.29, 0.717) is 5.92 Å². The van der Waals surface area contributed by atoms with Crippen molar-refractivity contribution in [3.05, 3.63) is 47.5 Å². The van der Waals surface area contributed by atoms with Gasteiger partial charge in [0.05, 0.1) is 19.8 Å². The molecular formula is C20H26O2. The van der Waals surface area contributed by atoms with Gasteiger partial charge in [0.2, 0.25) is 0 Å². The summed E-state index contributed by atoms with van der Waals surface area (Å²) in [6.07, 6.45) is 2.06. The molecule has 0 radical (unpaired) electrons. The molecule has 0 bridgehead atoms. The van der Waals surface area contributed by atoms with Crippen LogP contribution in [0.15, 0.2) is 36.4 Å². The number of aryl methyl sites for hydroxylation is 1. The second-order valence-electron chi connectivity index (χ2n) is 6.02. The number of rotatable bonds is 6. The predicted molar refractivity (Wildman–Crippen MR) is 92.9 cm³/mol. The number of hydrogen-bond acceptors (Lipinski definition) is 2. The van der Waals surface area contributed by atoms with E-state index >= 15 is 0 Å². The van der Waals surface area contributed by atoms with Crippen LogP contribution in [-0.2, 0) is 12.8 Å². The standard InChI is InChI=1S/C20H26O2/c1-6-15-12-18(21-4)20(19(13-15)22-5)17-9-7-16(8-10-17)11-14(2)3/h7-10,12-14H,6,11H2,1-5H3. The Bertz CT molecular complexity index is 587. The van der Waals surface area contributed by atoms with Gasteiger partial charge in [-0.25, -0.2) is 0 Å². The lowest BCUT2D eigenvalue weighted by Gasteiger charge is -2.16. The zero-order valence-electron chi connectivity index (χ0n) is 14.3. The highest BCUT2D eigenvalue weighted by atomic mass is 16.5. The molecule has 0 spiro atoms. The minimum absolute atomic E-state index is 0.666. The lowest BCUT2D eigenvalue weighted by Crippen LogP contribution is -1.97. The maximum Gasteiger partial charge on any atom is 0.130 e. The summed E-state index contributed by atoms with van der Waals surface area (Å²) in [6, 6.07) is 12.9. The first-order chi connectivity index (χ1) is 10.6. The second-order valence-corrected chi connectivity index (χ2v) is 6.02. The number of ether oxygens (including phenoxy) is 2. The molecule has 2 heteroatoms. The Morgan fingerprint density at radius 2 is 1.41 bits per heavy atom. The van der Waals surface area contributed by atoms with Crippen molar-refractivity contribution < 1.29 is 9.47 Å². The maximum absolute atomic E-state index is 5.60. The Labute approximate surface area is 134 Å². The topological polar surface area (TPSA) is 18.5 Å². The molecule has 2 aromatic rings. The van der Waals surface area contributed by atoms with Crippen molar-refractivity contribution in [2.75, 3.05) is 14.2 Å². The van der Waals surface area contributed by atoms with E-state index in [4.69, 9.17) is 9.47 Å². The quantitative estimate of drug-likeness (QED) is 0.736. The van der Waals surface area contributed by atoms with Crippen LogP contribution in [0.4, 0.5) is 0 Å². The summed E-state index contributed by atoms with van der Waals surface area (Å²) in [4.78, 5) is 0. The van der Waals surface area contributed by atoms with E-state index in [0.717, 1.165) is 35.5 Å². The third kappa shape index (κ3) is 3.62. The second kappa shape index (κ2) is 7.35. The van der Waals surface area contributed by atoms with E-state index in [1.165, 1.54) is 11.1 Å². The van der Waals surface area contributed by atoms with Crippen LogP contribution in [0, 0.1) is 5.92 Å². The van der Waals surface area contributed by atoms with Crippen LogP contribution in [0.5, 0.6) is 11.5 Å². The van der Waals surface area contributed by atoms with Gasteiger partial charge in [-0.05, 0) is 47.6 Å². The first kappa shape index (κ1) is 16.4. The summed E-state index contributed by atoms with van der Waals surface area (Å²) in [5.74, 6) is 2.40. The molecule has 2 aromatic carbocycles. The normalized spacial score (nSPS) is 10.8. The van der Waals surface area contributed by atoms with Crippen LogP contribution in [0.3, 0.4) is 0 Å². The third-order valence-corrected chi connectivity index (χ3v) is 3.86. The van der Waals surface area contributed by atoms with Crippen molar-refractivity contribution in [1.29, 1.82) is 0 Å². The zero-order valence-corrected chi connectivity index (χ0v) is 14.3. The Hall–Kier alpha value is -1.96. The van der Waals surface area contributed by atoms with Crippen LogP contribution >= 0.6 is 0 Å². The van der Waals surface area contributed by atoms with Crippen molar-refractivity contribution in [3.8, 4) is 22.6 Å². The van der Waals surface area contributed by atoms with Gasteiger partial charge in [-0.1, -0.05) is 45.0 Å².